The molecule has 0 saturated heterocycles. The highest BCUT2D eigenvalue weighted by Crippen LogP contribution is 2.23. The van der Waals surface area contributed by atoms with Crippen LogP contribution in [0.4, 0.5) is 5.82 Å². The van der Waals surface area contributed by atoms with Crippen molar-refractivity contribution in [3.63, 3.8) is 0 Å². The van der Waals surface area contributed by atoms with E-state index < -0.39 is 0 Å². The van der Waals surface area contributed by atoms with E-state index in [0.717, 1.165) is 17.7 Å². The van der Waals surface area contributed by atoms with Gasteiger partial charge in [-0.1, -0.05) is 29.8 Å². The van der Waals surface area contributed by atoms with Gasteiger partial charge in [0.05, 0.1) is 12.7 Å². The fourth-order valence-electron chi connectivity index (χ4n) is 1.88. The molecule has 0 spiro atoms. The largest absolute Gasteiger partial charge is 0.496 e. The molecule has 0 aliphatic carbocycles. The molecule has 0 aliphatic heterocycles. The van der Waals surface area contributed by atoms with E-state index in [1.54, 1.807) is 19.4 Å². The van der Waals surface area contributed by atoms with Crippen LogP contribution in [0.3, 0.4) is 0 Å². The average molecular weight is 288 g/mol. The number of halogens is 1. The minimum atomic E-state index is 0.357. The van der Waals surface area contributed by atoms with Crippen LogP contribution in [0.1, 0.15) is 11.1 Å². The molecule has 0 atom stereocenters. The fourth-order valence-corrected chi connectivity index (χ4v) is 2.10. The second-order valence-corrected chi connectivity index (χ2v) is 4.50. The fraction of sp³-hybridized carbons (Fsp3) is 0.200. The topological polar surface area (TPSA) is 57.9 Å². The zero-order valence-electron chi connectivity index (χ0n) is 11.1. The summed E-state index contributed by atoms with van der Waals surface area (Å²) in [5.74, 6) is 1.39. The van der Waals surface area contributed by atoms with Crippen LogP contribution in [0.15, 0.2) is 36.5 Å². The predicted molar refractivity (Wildman–Crippen MR) is 79.1 cm³/mol. The molecule has 2 rings (SSSR count). The number of benzene rings is 1. The number of methoxy groups -OCH3 is 1. The molecule has 0 saturated carbocycles. The molecule has 20 heavy (non-hydrogen) atoms. The van der Waals surface area contributed by atoms with E-state index >= 15 is 0 Å². The Balaban J connectivity index is 2.02. The van der Waals surface area contributed by atoms with Gasteiger partial charge in [0.1, 0.15) is 22.7 Å². The van der Waals surface area contributed by atoms with Gasteiger partial charge in [-0.2, -0.15) is 5.26 Å². The molecule has 0 fully saturated rings. The van der Waals surface area contributed by atoms with Gasteiger partial charge in [-0.25, -0.2) is 4.98 Å². The van der Waals surface area contributed by atoms with Crippen molar-refractivity contribution in [3.8, 4) is 11.8 Å². The van der Waals surface area contributed by atoms with E-state index in [1.165, 1.54) is 0 Å². The van der Waals surface area contributed by atoms with E-state index in [4.69, 9.17) is 21.6 Å². The normalized spacial score (nSPS) is 9.85. The lowest BCUT2D eigenvalue weighted by Gasteiger charge is -2.10. The third-order valence-corrected chi connectivity index (χ3v) is 3.27. The van der Waals surface area contributed by atoms with E-state index in [9.17, 15) is 0 Å². The molecule has 1 heterocycles. The summed E-state index contributed by atoms with van der Waals surface area (Å²) in [6.07, 6.45) is 2.34. The van der Waals surface area contributed by atoms with Crippen molar-refractivity contribution in [2.75, 3.05) is 19.0 Å². The molecule has 2 aromatic rings. The number of aromatic nitrogens is 1. The molecule has 1 aromatic heterocycles. The zero-order chi connectivity index (χ0) is 14.4. The van der Waals surface area contributed by atoms with E-state index in [2.05, 4.69) is 10.3 Å². The van der Waals surface area contributed by atoms with Crippen molar-refractivity contribution in [1.29, 1.82) is 5.26 Å². The smallest absolute Gasteiger partial charge is 0.146 e. The SMILES string of the molecule is COc1ccccc1CCNc1nccc(C#N)c1Cl. The third-order valence-electron chi connectivity index (χ3n) is 2.89. The number of nitrogens with zero attached hydrogens (tertiary/aromatic N) is 2. The second kappa shape index (κ2) is 6.78. The maximum absolute atomic E-state index is 8.91. The lowest BCUT2D eigenvalue weighted by atomic mass is 10.1. The minimum Gasteiger partial charge on any atom is -0.496 e. The summed E-state index contributed by atoms with van der Waals surface area (Å²) < 4.78 is 5.30. The Bertz CT molecular complexity index is 637. The van der Waals surface area contributed by atoms with Gasteiger partial charge in [0.15, 0.2) is 0 Å². The number of ether oxygens (including phenoxy) is 1. The van der Waals surface area contributed by atoms with Crippen molar-refractivity contribution in [1.82, 2.24) is 4.98 Å². The van der Waals surface area contributed by atoms with Crippen LogP contribution >= 0.6 is 11.6 Å². The minimum absolute atomic E-state index is 0.357. The first kappa shape index (κ1) is 14.2. The van der Waals surface area contributed by atoms with E-state index in [-0.39, 0.29) is 0 Å². The number of nitrogens with one attached hydrogen (secondary N) is 1. The van der Waals surface area contributed by atoms with Gasteiger partial charge in [0.25, 0.3) is 0 Å². The number of pyridine rings is 1. The quantitative estimate of drug-likeness (QED) is 0.917. The van der Waals surface area contributed by atoms with Crippen molar-refractivity contribution < 1.29 is 4.74 Å². The Hall–Kier alpha value is -2.25. The highest BCUT2D eigenvalue weighted by molar-refractivity contribution is 6.34. The second-order valence-electron chi connectivity index (χ2n) is 4.12. The molecular formula is C15H14ClN3O. The van der Waals surface area contributed by atoms with Crippen LogP contribution in [-0.2, 0) is 6.42 Å². The molecule has 0 amide bonds. The summed E-state index contributed by atoms with van der Waals surface area (Å²) in [6.45, 7) is 0.655. The molecule has 1 aromatic carbocycles. The van der Waals surface area contributed by atoms with Crippen LogP contribution in [0.5, 0.6) is 5.75 Å². The summed E-state index contributed by atoms with van der Waals surface area (Å²) in [4.78, 5) is 4.14. The number of hydrogen-bond donors (Lipinski definition) is 1. The van der Waals surface area contributed by atoms with Crippen molar-refractivity contribution in [2.24, 2.45) is 0 Å². The van der Waals surface area contributed by atoms with Gasteiger partial charge in [0.2, 0.25) is 0 Å². The first-order chi connectivity index (χ1) is 9.76. The van der Waals surface area contributed by atoms with Gasteiger partial charge >= 0.3 is 0 Å². The van der Waals surface area contributed by atoms with Gasteiger partial charge in [-0.15, -0.1) is 0 Å². The molecule has 5 heteroatoms. The van der Waals surface area contributed by atoms with Crippen molar-refractivity contribution >= 4 is 17.4 Å². The number of hydrogen-bond acceptors (Lipinski definition) is 4. The summed E-state index contributed by atoms with van der Waals surface area (Å²) in [5, 5.41) is 12.4. The van der Waals surface area contributed by atoms with Gasteiger partial charge in [-0.3, -0.25) is 0 Å². The summed E-state index contributed by atoms with van der Waals surface area (Å²) in [7, 11) is 1.65. The lowest BCUT2D eigenvalue weighted by Crippen LogP contribution is -2.08. The summed E-state index contributed by atoms with van der Waals surface area (Å²) in [6, 6.07) is 11.5. The van der Waals surface area contributed by atoms with Crippen molar-refractivity contribution in [2.45, 2.75) is 6.42 Å². The molecule has 0 bridgehead atoms. The molecule has 1 N–H and O–H groups in total. The monoisotopic (exact) mass is 287 g/mol. The highest BCUT2D eigenvalue weighted by Gasteiger charge is 2.07. The third kappa shape index (κ3) is 3.19. The molecule has 102 valence electrons. The number of rotatable bonds is 5. The summed E-state index contributed by atoms with van der Waals surface area (Å²) in [5.41, 5.74) is 1.52. The first-order valence-electron chi connectivity index (χ1n) is 6.16. The molecule has 0 unspecified atom stereocenters. The number of anilines is 1. The maximum atomic E-state index is 8.91. The van der Waals surface area contributed by atoms with Crippen LogP contribution < -0.4 is 10.1 Å². The molecular weight excluding hydrogens is 274 g/mol. The van der Waals surface area contributed by atoms with Crippen LogP contribution in [0.25, 0.3) is 0 Å². The van der Waals surface area contributed by atoms with Gasteiger partial charge < -0.3 is 10.1 Å². The standard InChI is InChI=1S/C15H14ClN3O/c1-20-13-5-3-2-4-11(13)6-8-18-15-14(16)12(10-17)7-9-19-15/h2-5,7,9H,6,8H2,1H3,(H,18,19). The van der Waals surface area contributed by atoms with Crippen molar-refractivity contribution in [3.05, 3.63) is 52.7 Å². The maximum Gasteiger partial charge on any atom is 0.146 e. The number of nitriles is 1. The van der Waals surface area contributed by atoms with E-state index in [0.29, 0.717) is 22.9 Å². The average Bonchev–Trinajstić information content (AvgIpc) is 2.49. The Morgan fingerprint density at radius 3 is 2.90 bits per heavy atom. The zero-order valence-corrected chi connectivity index (χ0v) is 11.8. The molecule has 4 nitrogen and oxygen atoms in total. The predicted octanol–water partition coefficient (Wildman–Crippen LogP) is 3.27. The first-order valence-corrected chi connectivity index (χ1v) is 6.54. The Kier molecular flexibility index (Phi) is 4.80. The van der Waals surface area contributed by atoms with Gasteiger partial charge in [-0.05, 0) is 24.1 Å². The Morgan fingerprint density at radius 1 is 1.35 bits per heavy atom. The Labute approximate surface area is 123 Å². The van der Waals surface area contributed by atoms with Crippen LogP contribution in [0, 0.1) is 11.3 Å². The molecule has 0 aliphatic rings. The van der Waals surface area contributed by atoms with E-state index in [1.807, 2.05) is 30.3 Å². The highest BCUT2D eigenvalue weighted by atomic mass is 35.5. The lowest BCUT2D eigenvalue weighted by molar-refractivity contribution is 0.410. The summed E-state index contributed by atoms with van der Waals surface area (Å²) >= 11 is 6.08. The molecule has 0 radical (unpaired) electrons. The van der Waals surface area contributed by atoms with Crippen LogP contribution in [-0.4, -0.2) is 18.6 Å². The van der Waals surface area contributed by atoms with Crippen LogP contribution in [0.2, 0.25) is 5.02 Å². The number of para-hydroxylation sites is 1. The van der Waals surface area contributed by atoms with Gasteiger partial charge in [0, 0.05) is 12.7 Å². The Morgan fingerprint density at radius 2 is 2.15 bits per heavy atom.